The number of aliphatic imine (C=N–C) groups is 1. The van der Waals surface area contributed by atoms with Crippen LogP contribution >= 0.6 is 0 Å². The summed E-state index contributed by atoms with van der Waals surface area (Å²) in [4.78, 5) is 4.20. The lowest BCUT2D eigenvalue weighted by atomic mass is 10.3. The third-order valence-electron chi connectivity index (χ3n) is 2.49. The van der Waals surface area contributed by atoms with Crippen LogP contribution in [0.2, 0.25) is 0 Å². The van der Waals surface area contributed by atoms with Crippen LogP contribution in [0, 0.1) is 0 Å². The Morgan fingerprint density at radius 2 is 1.95 bits per heavy atom. The number of hydrogen-bond donors (Lipinski definition) is 2. The highest BCUT2D eigenvalue weighted by molar-refractivity contribution is 7.89. The minimum absolute atomic E-state index is 0.183. The van der Waals surface area contributed by atoms with Gasteiger partial charge in [-0.2, -0.15) is 0 Å². The highest BCUT2D eigenvalue weighted by Crippen LogP contribution is 2.15. The van der Waals surface area contributed by atoms with Gasteiger partial charge in [-0.3, -0.25) is 9.71 Å². The van der Waals surface area contributed by atoms with Crippen LogP contribution in [-0.4, -0.2) is 47.5 Å². The molecule has 7 nitrogen and oxygen atoms in total. The first-order valence-corrected chi connectivity index (χ1v) is 8.85. The van der Waals surface area contributed by atoms with Crippen LogP contribution in [0.5, 0.6) is 5.75 Å². The summed E-state index contributed by atoms with van der Waals surface area (Å²) in [6.07, 6.45) is 1.79. The zero-order chi connectivity index (χ0) is 16.4. The first-order valence-electron chi connectivity index (χ1n) is 6.95. The minimum atomic E-state index is -3.40. The fraction of sp³-hybridized carbons (Fsp3) is 0.500. The number of guanidine groups is 1. The Morgan fingerprint density at radius 3 is 2.50 bits per heavy atom. The van der Waals surface area contributed by atoms with Crippen molar-refractivity contribution in [1.82, 2.24) is 4.72 Å². The van der Waals surface area contributed by atoms with E-state index < -0.39 is 10.0 Å². The maximum atomic E-state index is 11.4. The van der Waals surface area contributed by atoms with Gasteiger partial charge in [-0.05, 0) is 37.6 Å². The molecule has 0 aliphatic carbocycles. The molecule has 0 fully saturated rings. The average molecular weight is 329 g/mol. The Hall–Kier alpha value is -1.80. The topological polar surface area (TPSA) is 89.0 Å². The molecule has 0 atom stereocenters. The van der Waals surface area contributed by atoms with Crippen LogP contribution in [0.25, 0.3) is 0 Å². The lowest BCUT2D eigenvalue weighted by Crippen LogP contribution is -2.35. The Balaban J connectivity index is 2.74. The molecule has 0 bridgehead atoms. The maximum absolute atomic E-state index is 11.4. The number of hydrogen-bond acceptors (Lipinski definition) is 5. The summed E-state index contributed by atoms with van der Waals surface area (Å²) in [5.74, 6) is 0.936. The van der Waals surface area contributed by atoms with E-state index in [2.05, 4.69) is 15.0 Å². The lowest BCUT2D eigenvalue weighted by molar-refractivity contribution is 0.197. The highest BCUT2D eigenvalue weighted by atomic mass is 32.2. The summed E-state index contributed by atoms with van der Waals surface area (Å²) < 4.78 is 35.4. The number of ether oxygens (including phenoxy) is 2. The molecule has 0 aliphatic rings. The number of anilines is 1. The highest BCUT2D eigenvalue weighted by Gasteiger charge is 2.07. The standard InChI is InChI=1S/C14H23N3O4S/c1-4-21-13-8-6-12(7-9-13)16-14(17-22(3,18)19)15-10-5-11-20-2/h6-9H,4-5,10-11H2,1-3H3,(H2,15,16,17). The molecule has 0 amide bonds. The predicted molar refractivity (Wildman–Crippen MR) is 88.0 cm³/mol. The molecule has 1 aromatic carbocycles. The third-order valence-corrected chi connectivity index (χ3v) is 3.05. The van der Waals surface area contributed by atoms with Crippen LogP contribution in [0.4, 0.5) is 5.69 Å². The van der Waals surface area contributed by atoms with Gasteiger partial charge in [-0.25, -0.2) is 8.42 Å². The SMILES string of the molecule is CCOc1ccc(NC(=NCCCOC)NS(C)(=O)=O)cc1. The molecule has 1 aromatic rings. The number of benzene rings is 1. The monoisotopic (exact) mass is 329 g/mol. The number of rotatable bonds is 8. The molecule has 0 heterocycles. The molecule has 0 unspecified atom stereocenters. The third kappa shape index (κ3) is 7.84. The molecule has 8 heteroatoms. The summed E-state index contributed by atoms with van der Waals surface area (Å²) in [6, 6.07) is 7.18. The zero-order valence-corrected chi connectivity index (χ0v) is 13.9. The quantitative estimate of drug-likeness (QED) is 0.428. The summed E-state index contributed by atoms with van der Waals surface area (Å²) >= 11 is 0. The summed E-state index contributed by atoms with van der Waals surface area (Å²) in [7, 11) is -1.79. The fourth-order valence-electron chi connectivity index (χ4n) is 1.61. The van der Waals surface area contributed by atoms with Crippen LogP contribution in [0.15, 0.2) is 29.3 Å². The van der Waals surface area contributed by atoms with E-state index in [0.717, 1.165) is 12.0 Å². The molecule has 0 spiro atoms. The number of nitrogens with one attached hydrogen (secondary N) is 2. The van der Waals surface area contributed by atoms with Crippen LogP contribution in [0.1, 0.15) is 13.3 Å². The van der Waals surface area contributed by atoms with E-state index in [1.165, 1.54) is 0 Å². The van der Waals surface area contributed by atoms with Crippen LogP contribution in [-0.2, 0) is 14.8 Å². The van der Waals surface area contributed by atoms with Crippen molar-refractivity contribution in [2.45, 2.75) is 13.3 Å². The van der Waals surface area contributed by atoms with Crippen molar-refractivity contribution >= 4 is 21.7 Å². The molecule has 0 aromatic heterocycles. The van der Waals surface area contributed by atoms with Crippen molar-refractivity contribution < 1.29 is 17.9 Å². The van der Waals surface area contributed by atoms with E-state index >= 15 is 0 Å². The second-order valence-corrected chi connectivity index (χ2v) is 6.28. The second kappa shape index (κ2) is 9.26. The van der Waals surface area contributed by atoms with Crippen molar-refractivity contribution in [3.63, 3.8) is 0 Å². The minimum Gasteiger partial charge on any atom is -0.494 e. The first-order chi connectivity index (χ1) is 10.4. The fourth-order valence-corrected chi connectivity index (χ4v) is 2.08. The van der Waals surface area contributed by atoms with E-state index in [0.29, 0.717) is 31.9 Å². The van der Waals surface area contributed by atoms with Gasteiger partial charge in [0, 0.05) is 25.9 Å². The lowest BCUT2D eigenvalue weighted by Gasteiger charge is -2.12. The number of methoxy groups -OCH3 is 1. The van der Waals surface area contributed by atoms with E-state index in [4.69, 9.17) is 9.47 Å². The van der Waals surface area contributed by atoms with Crippen LogP contribution < -0.4 is 14.8 Å². The summed E-state index contributed by atoms with van der Waals surface area (Å²) in [5.41, 5.74) is 0.713. The summed E-state index contributed by atoms with van der Waals surface area (Å²) in [6.45, 7) is 3.52. The molecule has 22 heavy (non-hydrogen) atoms. The molecule has 2 N–H and O–H groups in total. The van der Waals surface area contributed by atoms with Gasteiger partial charge < -0.3 is 14.8 Å². The van der Waals surface area contributed by atoms with Crippen molar-refractivity contribution in [3.8, 4) is 5.75 Å². The van der Waals surface area contributed by atoms with Gasteiger partial charge in [0.2, 0.25) is 16.0 Å². The van der Waals surface area contributed by atoms with Crippen molar-refractivity contribution in [3.05, 3.63) is 24.3 Å². The van der Waals surface area contributed by atoms with Gasteiger partial charge in [0.15, 0.2) is 0 Å². The Kier molecular flexibility index (Phi) is 7.69. The van der Waals surface area contributed by atoms with Crippen LogP contribution in [0.3, 0.4) is 0 Å². The van der Waals surface area contributed by atoms with Gasteiger partial charge in [-0.1, -0.05) is 0 Å². The van der Waals surface area contributed by atoms with E-state index in [-0.39, 0.29) is 5.96 Å². The van der Waals surface area contributed by atoms with Gasteiger partial charge in [0.05, 0.1) is 12.9 Å². The van der Waals surface area contributed by atoms with Crippen molar-refractivity contribution in [2.24, 2.45) is 4.99 Å². The largest absolute Gasteiger partial charge is 0.494 e. The number of nitrogens with zero attached hydrogens (tertiary/aromatic N) is 1. The molecule has 0 saturated heterocycles. The summed E-state index contributed by atoms with van der Waals surface area (Å²) in [5, 5.41) is 2.95. The van der Waals surface area contributed by atoms with Crippen molar-refractivity contribution in [1.29, 1.82) is 0 Å². The molecular formula is C14H23N3O4S. The maximum Gasteiger partial charge on any atom is 0.232 e. The van der Waals surface area contributed by atoms with E-state index in [1.54, 1.807) is 31.4 Å². The smallest absolute Gasteiger partial charge is 0.232 e. The Labute approximate surface area is 131 Å². The molecule has 124 valence electrons. The predicted octanol–water partition coefficient (Wildman–Crippen LogP) is 1.44. The normalized spacial score (nSPS) is 12.0. The van der Waals surface area contributed by atoms with Gasteiger partial charge in [-0.15, -0.1) is 0 Å². The second-order valence-electron chi connectivity index (χ2n) is 4.53. The van der Waals surface area contributed by atoms with E-state index in [9.17, 15) is 8.42 Å². The van der Waals surface area contributed by atoms with E-state index in [1.807, 2.05) is 6.92 Å². The molecule has 1 rings (SSSR count). The van der Waals surface area contributed by atoms with Gasteiger partial charge in [0.25, 0.3) is 0 Å². The van der Waals surface area contributed by atoms with Gasteiger partial charge in [0.1, 0.15) is 5.75 Å². The molecule has 0 saturated carbocycles. The first kappa shape index (κ1) is 18.2. The number of sulfonamides is 1. The Bertz CT molecular complexity index is 570. The molecule has 0 aliphatic heterocycles. The average Bonchev–Trinajstić information content (AvgIpc) is 2.44. The molecular weight excluding hydrogens is 306 g/mol. The molecule has 0 radical (unpaired) electrons. The Morgan fingerprint density at radius 1 is 1.27 bits per heavy atom. The van der Waals surface area contributed by atoms with Gasteiger partial charge >= 0.3 is 0 Å². The van der Waals surface area contributed by atoms with Crippen molar-refractivity contribution in [2.75, 3.05) is 38.4 Å². The zero-order valence-electron chi connectivity index (χ0n) is 13.1.